The molecule has 3 rings (SSSR count). The van der Waals surface area contributed by atoms with Crippen molar-refractivity contribution in [1.82, 2.24) is 0 Å². The first-order chi connectivity index (χ1) is 13.7. The number of esters is 1. The Bertz CT molecular complexity index is 986. The molecule has 5 nitrogen and oxygen atoms in total. The number of amides is 1. The lowest BCUT2D eigenvalue weighted by atomic mass is 9.95. The molecule has 1 unspecified atom stereocenters. The van der Waals surface area contributed by atoms with Crippen molar-refractivity contribution in [2.45, 2.75) is 19.0 Å². The molecule has 0 radical (unpaired) electrons. The maximum atomic E-state index is 13.4. The van der Waals surface area contributed by atoms with Gasteiger partial charge in [0, 0.05) is 10.4 Å². The van der Waals surface area contributed by atoms with Gasteiger partial charge in [0.05, 0.1) is 29.5 Å². The van der Waals surface area contributed by atoms with Gasteiger partial charge in [0.25, 0.3) is 0 Å². The molecule has 1 aromatic heterocycles. The molecule has 1 heterocycles. The minimum absolute atomic E-state index is 0.00223. The van der Waals surface area contributed by atoms with E-state index in [9.17, 15) is 27.6 Å². The third kappa shape index (κ3) is 4.23. The topological polar surface area (TPSA) is 72.5 Å². The van der Waals surface area contributed by atoms with Crippen molar-refractivity contribution in [2.75, 3.05) is 17.8 Å². The number of nitrogens with one attached hydrogen (secondary N) is 1. The van der Waals surface area contributed by atoms with Gasteiger partial charge in [-0.1, -0.05) is 34.1 Å². The zero-order valence-electron chi connectivity index (χ0n) is 15.1. The number of ketones is 1. The number of alkyl halides is 4. The Morgan fingerprint density at radius 1 is 1.24 bits per heavy atom. The summed E-state index contributed by atoms with van der Waals surface area (Å²) in [7, 11) is 1.25. The molecule has 0 spiro atoms. The summed E-state index contributed by atoms with van der Waals surface area (Å²) in [5, 5.41) is 2.72. The van der Waals surface area contributed by atoms with Crippen molar-refractivity contribution < 1.29 is 32.3 Å². The second kappa shape index (κ2) is 8.27. The second-order valence-corrected chi connectivity index (χ2v) is 8.06. The quantitative estimate of drug-likeness (QED) is 0.387. The highest BCUT2D eigenvalue weighted by Crippen LogP contribution is 2.43. The third-order valence-corrected chi connectivity index (χ3v) is 6.27. The van der Waals surface area contributed by atoms with E-state index in [1.54, 1.807) is 0 Å². The van der Waals surface area contributed by atoms with Crippen LogP contribution in [0.3, 0.4) is 0 Å². The van der Waals surface area contributed by atoms with Gasteiger partial charge in [-0.3, -0.25) is 14.4 Å². The standard InChI is InChI=1S/C19H15BrF3NO4S/c1-28-18(27)9-6-11-13(7-9)29-17(24-14(25)8-20)15(11)16(26)10-4-2-3-5-12(10)19(21,22)23/h2-5,9H,6-8H2,1H3,(H,24,25). The van der Waals surface area contributed by atoms with Gasteiger partial charge in [0.15, 0.2) is 5.78 Å². The molecular formula is C19H15BrF3NO4S. The third-order valence-electron chi connectivity index (χ3n) is 4.59. The number of hydrogen-bond donors (Lipinski definition) is 1. The molecule has 0 bridgehead atoms. The normalized spacial score (nSPS) is 15.7. The van der Waals surface area contributed by atoms with E-state index in [4.69, 9.17) is 4.74 Å². The van der Waals surface area contributed by atoms with E-state index in [2.05, 4.69) is 21.2 Å². The number of rotatable bonds is 5. The highest BCUT2D eigenvalue weighted by Gasteiger charge is 2.39. The Kier molecular flexibility index (Phi) is 6.13. The maximum absolute atomic E-state index is 13.4. The van der Waals surface area contributed by atoms with Crippen LogP contribution in [0.4, 0.5) is 18.2 Å². The van der Waals surface area contributed by atoms with Crippen LogP contribution in [0.1, 0.15) is 31.9 Å². The SMILES string of the molecule is COC(=O)C1Cc2sc(NC(=O)CBr)c(C(=O)c3ccccc3C(F)(F)F)c2C1. The van der Waals surface area contributed by atoms with Crippen LogP contribution in [0.5, 0.6) is 0 Å². The van der Waals surface area contributed by atoms with E-state index in [-0.39, 0.29) is 22.3 Å². The van der Waals surface area contributed by atoms with Crippen LogP contribution < -0.4 is 5.32 Å². The zero-order valence-corrected chi connectivity index (χ0v) is 17.5. The molecule has 1 aliphatic carbocycles. The molecule has 2 aromatic rings. The van der Waals surface area contributed by atoms with Gasteiger partial charge in [-0.15, -0.1) is 11.3 Å². The number of fused-ring (bicyclic) bond motifs is 1. The smallest absolute Gasteiger partial charge is 0.417 e. The molecule has 1 aromatic carbocycles. The lowest BCUT2D eigenvalue weighted by Gasteiger charge is -2.14. The number of benzene rings is 1. The molecule has 0 fully saturated rings. The van der Waals surface area contributed by atoms with Gasteiger partial charge in [-0.05, 0) is 24.5 Å². The minimum Gasteiger partial charge on any atom is -0.469 e. The number of anilines is 1. The van der Waals surface area contributed by atoms with Crippen molar-refractivity contribution in [1.29, 1.82) is 0 Å². The van der Waals surface area contributed by atoms with Crippen LogP contribution in [0, 0.1) is 5.92 Å². The molecule has 154 valence electrons. The first-order valence-corrected chi connectivity index (χ1v) is 10.4. The summed E-state index contributed by atoms with van der Waals surface area (Å²) < 4.78 is 45.0. The summed E-state index contributed by atoms with van der Waals surface area (Å²) in [5.41, 5.74) is -1.07. The van der Waals surface area contributed by atoms with Crippen molar-refractivity contribution in [2.24, 2.45) is 5.92 Å². The van der Waals surface area contributed by atoms with Crippen molar-refractivity contribution in [3.8, 4) is 0 Å². The summed E-state index contributed by atoms with van der Waals surface area (Å²) in [4.78, 5) is 37.6. The summed E-state index contributed by atoms with van der Waals surface area (Å²) in [6.45, 7) is 0. The summed E-state index contributed by atoms with van der Waals surface area (Å²) in [6, 6.07) is 4.51. The fraction of sp³-hybridized carbons (Fsp3) is 0.316. The maximum Gasteiger partial charge on any atom is 0.417 e. The van der Waals surface area contributed by atoms with Crippen LogP contribution in [0.2, 0.25) is 0 Å². The largest absolute Gasteiger partial charge is 0.469 e. The average molecular weight is 490 g/mol. The molecule has 1 amide bonds. The zero-order chi connectivity index (χ0) is 21.3. The van der Waals surface area contributed by atoms with E-state index >= 15 is 0 Å². The molecule has 1 aliphatic rings. The lowest BCUT2D eigenvalue weighted by Crippen LogP contribution is -2.19. The minimum atomic E-state index is -4.71. The van der Waals surface area contributed by atoms with E-state index in [1.165, 1.54) is 19.2 Å². The molecule has 10 heteroatoms. The molecular weight excluding hydrogens is 475 g/mol. The summed E-state index contributed by atoms with van der Waals surface area (Å²) in [6.07, 6.45) is -4.24. The Balaban J connectivity index is 2.10. The Morgan fingerprint density at radius 2 is 1.93 bits per heavy atom. The molecule has 0 saturated carbocycles. The fourth-order valence-electron chi connectivity index (χ4n) is 3.32. The summed E-state index contributed by atoms with van der Waals surface area (Å²) >= 11 is 4.11. The average Bonchev–Trinajstić information content (AvgIpc) is 3.23. The number of carbonyl (C=O) groups is 3. The van der Waals surface area contributed by atoms with Gasteiger partial charge < -0.3 is 10.1 Å². The van der Waals surface area contributed by atoms with Crippen LogP contribution in [0.15, 0.2) is 24.3 Å². The molecule has 29 heavy (non-hydrogen) atoms. The Morgan fingerprint density at radius 3 is 2.55 bits per heavy atom. The van der Waals surface area contributed by atoms with Gasteiger partial charge in [-0.2, -0.15) is 13.2 Å². The van der Waals surface area contributed by atoms with Crippen molar-refractivity contribution in [3.63, 3.8) is 0 Å². The second-order valence-electron chi connectivity index (χ2n) is 6.39. The fourth-order valence-corrected chi connectivity index (χ4v) is 4.78. The van der Waals surface area contributed by atoms with Gasteiger partial charge in [0.2, 0.25) is 5.91 Å². The first-order valence-electron chi connectivity index (χ1n) is 8.46. The van der Waals surface area contributed by atoms with Crippen LogP contribution in [-0.4, -0.2) is 30.1 Å². The molecule has 0 saturated heterocycles. The van der Waals surface area contributed by atoms with Crippen molar-refractivity contribution >= 4 is 49.9 Å². The van der Waals surface area contributed by atoms with E-state index < -0.39 is 40.9 Å². The monoisotopic (exact) mass is 489 g/mol. The number of carbonyl (C=O) groups excluding carboxylic acids is 3. The van der Waals surface area contributed by atoms with Crippen LogP contribution in [0.25, 0.3) is 0 Å². The highest BCUT2D eigenvalue weighted by atomic mass is 79.9. The number of hydrogen-bond acceptors (Lipinski definition) is 5. The summed E-state index contributed by atoms with van der Waals surface area (Å²) in [5.74, 6) is -2.24. The van der Waals surface area contributed by atoms with Crippen molar-refractivity contribution in [3.05, 3.63) is 51.4 Å². The molecule has 1 N–H and O–H groups in total. The number of methoxy groups -OCH3 is 1. The predicted octanol–water partition coefficient (Wildman–Crippen LogP) is 4.22. The Labute approximate surface area is 176 Å². The first kappa shape index (κ1) is 21.5. The highest BCUT2D eigenvalue weighted by molar-refractivity contribution is 9.09. The Hall–Kier alpha value is -2.20. The number of thiophene rings is 1. The predicted molar refractivity (Wildman–Crippen MR) is 105 cm³/mol. The molecule has 0 aliphatic heterocycles. The van der Waals surface area contributed by atoms with Gasteiger partial charge in [-0.25, -0.2) is 0 Å². The van der Waals surface area contributed by atoms with E-state index in [0.717, 1.165) is 23.5 Å². The number of halogens is 4. The van der Waals surface area contributed by atoms with Crippen LogP contribution >= 0.6 is 27.3 Å². The number of ether oxygens (including phenoxy) is 1. The van der Waals surface area contributed by atoms with E-state index in [1.807, 2.05) is 0 Å². The van der Waals surface area contributed by atoms with E-state index in [0.29, 0.717) is 16.9 Å². The van der Waals surface area contributed by atoms with Gasteiger partial charge in [0.1, 0.15) is 5.00 Å². The molecule has 1 atom stereocenters. The lowest BCUT2D eigenvalue weighted by molar-refractivity contribution is -0.145. The van der Waals surface area contributed by atoms with Gasteiger partial charge >= 0.3 is 12.1 Å². The van der Waals surface area contributed by atoms with Crippen LogP contribution in [-0.2, 0) is 33.3 Å².